The first kappa shape index (κ1) is 14.4. The molecule has 1 heterocycles. The Hall–Kier alpha value is -1.06. The summed E-state index contributed by atoms with van der Waals surface area (Å²) in [5, 5.41) is 9.41. The molecule has 1 amide bonds. The van der Waals surface area contributed by atoms with E-state index in [0.717, 1.165) is 32.1 Å². The van der Waals surface area contributed by atoms with E-state index in [0.29, 0.717) is 12.3 Å². The minimum absolute atomic E-state index is 0.0115. The molecule has 1 N–H and O–H groups in total. The molecule has 3 atom stereocenters. The van der Waals surface area contributed by atoms with Gasteiger partial charge in [-0.1, -0.05) is 26.7 Å². The SMILES string of the molecule is CCC(CC)C(=O)N1C(C(=O)O)CC2CCCCC21. The third-order valence-corrected chi connectivity index (χ3v) is 4.96. The molecule has 2 rings (SSSR count). The second-order valence-electron chi connectivity index (χ2n) is 5.96. The first-order valence-corrected chi connectivity index (χ1v) is 7.65. The van der Waals surface area contributed by atoms with Crippen LogP contribution < -0.4 is 0 Å². The molecular weight excluding hydrogens is 242 g/mol. The van der Waals surface area contributed by atoms with E-state index in [-0.39, 0.29) is 17.9 Å². The highest BCUT2D eigenvalue weighted by Crippen LogP contribution is 2.40. The predicted octanol–water partition coefficient (Wildman–Crippen LogP) is 2.67. The van der Waals surface area contributed by atoms with Crippen molar-refractivity contribution >= 4 is 11.9 Å². The van der Waals surface area contributed by atoms with Crippen LogP contribution in [-0.4, -0.2) is 34.0 Å². The van der Waals surface area contributed by atoms with Crippen LogP contribution in [0.15, 0.2) is 0 Å². The zero-order valence-corrected chi connectivity index (χ0v) is 12.0. The lowest BCUT2D eigenvalue weighted by molar-refractivity contribution is -0.152. The van der Waals surface area contributed by atoms with Crippen molar-refractivity contribution in [3.8, 4) is 0 Å². The van der Waals surface area contributed by atoms with Crippen LogP contribution in [0.25, 0.3) is 0 Å². The van der Waals surface area contributed by atoms with E-state index >= 15 is 0 Å². The number of rotatable bonds is 4. The number of hydrogen-bond donors (Lipinski definition) is 1. The van der Waals surface area contributed by atoms with Crippen molar-refractivity contribution in [3.05, 3.63) is 0 Å². The Kier molecular flexibility index (Phi) is 4.48. The number of aliphatic carboxylic acids is 1. The quantitative estimate of drug-likeness (QED) is 0.852. The van der Waals surface area contributed by atoms with Gasteiger partial charge in [-0.3, -0.25) is 4.79 Å². The summed E-state index contributed by atoms with van der Waals surface area (Å²) < 4.78 is 0. The van der Waals surface area contributed by atoms with E-state index in [4.69, 9.17) is 0 Å². The standard InChI is InChI=1S/C15H25NO3/c1-3-10(4-2)14(17)16-12-8-6-5-7-11(12)9-13(16)15(18)19/h10-13H,3-9H2,1-2H3,(H,18,19). The number of carboxylic acids is 1. The third kappa shape index (κ3) is 2.63. The maximum absolute atomic E-state index is 12.6. The summed E-state index contributed by atoms with van der Waals surface area (Å²) in [7, 11) is 0. The van der Waals surface area contributed by atoms with Gasteiger partial charge in [-0.25, -0.2) is 4.79 Å². The van der Waals surface area contributed by atoms with Crippen LogP contribution in [0.4, 0.5) is 0 Å². The minimum atomic E-state index is -0.825. The Morgan fingerprint density at radius 1 is 1.21 bits per heavy atom. The second-order valence-corrected chi connectivity index (χ2v) is 5.96. The summed E-state index contributed by atoms with van der Waals surface area (Å²) >= 11 is 0. The molecule has 2 aliphatic rings. The topological polar surface area (TPSA) is 57.6 Å². The average Bonchev–Trinajstić information content (AvgIpc) is 2.79. The van der Waals surface area contributed by atoms with E-state index in [1.807, 2.05) is 13.8 Å². The fourth-order valence-electron chi connectivity index (χ4n) is 3.85. The van der Waals surface area contributed by atoms with Gasteiger partial charge in [0.15, 0.2) is 0 Å². The van der Waals surface area contributed by atoms with Crippen molar-refractivity contribution in [1.29, 1.82) is 0 Å². The third-order valence-electron chi connectivity index (χ3n) is 4.96. The molecule has 0 aromatic heterocycles. The van der Waals surface area contributed by atoms with Crippen molar-refractivity contribution in [3.63, 3.8) is 0 Å². The molecule has 19 heavy (non-hydrogen) atoms. The Balaban J connectivity index is 2.22. The van der Waals surface area contributed by atoms with E-state index < -0.39 is 12.0 Å². The highest BCUT2D eigenvalue weighted by atomic mass is 16.4. The lowest BCUT2D eigenvalue weighted by atomic mass is 9.84. The Morgan fingerprint density at radius 2 is 1.84 bits per heavy atom. The summed E-state index contributed by atoms with van der Waals surface area (Å²) in [6, 6.07) is -0.399. The molecule has 108 valence electrons. The largest absolute Gasteiger partial charge is 0.480 e. The monoisotopic (exact) mass is 267 g/mol. The molecule has 0 aromatic rings. The number of amides is 1. The Labute approximate surface area is 115 Å². The Bertz CT molecular complexity index is 351. The van der Waals surface area contributed by atoms with Gasteiger partial charge in [-0.15, -0.1) is 0 Å². The lowest BCUT2D eigenvalue weighted by Gasteiger charge is -2.35. The van der Waals surface area contributed by atoms with Gasteiger partial charge in [0.1, 0.15) is 6.04 Å². The van der Waals surface area contributed by atoms with Crippen molar-refractivity contribution in [2.75, 3.05) is 0 Å². The van der Waals surface area contributed by atoms with Crippen molar-refractivity contribution in [2.24, 2.45) is 11.8 Å². The van der Waals surface area contributed by atoms with Crippen LogP contribution in [0.1, 0.15) is 58.8 Å². The summed E-state index contributed by atoms with van der Waals surface area (Å²) in [4.78, 5) is 25.8. The van der Waals surface area contributed by atoms with Crippen molar-refractivity contribution < 1.29 is 14.7 Å². The molecule has 1 saturated heterocycles. The van der Waals surface area contributed by atoms with Crippen LogP contribution in [-0.2, 0) is 9.59 Å². The normalized spacial score (nSPS) is 30.5. The van der Waals surface area contributed by atoms with Crippen molar-refractivity contribution in [2.45, 2.75) is 70.9 Å². The number of nitrogens with zero attached hydrogens (tertiary/aromatic N) is 1. The van der Waals surface area contributed by atoms with Crippen LogP contribution in [0.5, 0.6) is 0 Å². The zero-order valence-electron chi connectivity index (χ0n) is 12.0. The molecule has 1 aliphatic carbocycles. The molecule has 0 spiro atoms. The van der Waals surface area contributed by atoms with E-state index in [1.165, 1.54) is 6.42 Å². The molecule has 0 radical (unpaired) electrons. The van der Waals surface area contributed by atoms with Gasteiger partial charge in [0, 0.05) is 12.0 Å². The summed E-state index contributed by atoms with van der Waals surface area (Å²) in [5.41, 5.74) is 0. The second kappa shape index (κ2) is 5.93. The summed E-state index contributed by atoms with van der Waals surface area (Å²) in [5.74, 6) is -0.351. The number of hydrogen-bond acceptors (Lipinski definition) is 2. The maximum atomic E-state index is 12.6. The van der Waals surface area contributed by atoms with Crippen LogP contribution in [0, 0.1) is 11.8 Å². The first-order chi connectivity index (χ1) is 9.10. The van der Waals surface area contributed by atoms with Crippen LogP contribution in [0.3, 0.4) is 0 Å². The lowest BCUT2D eigenvalue weighted by Crippen LogP contribution is -2.48. The molecule has 4 heteroatoms. The molecule has 0 aromatic carbocycles. The fraction of sp³-hybridized carbons (Fsp3) is 0.867. The molecule has 1 saturated carbocycles. The maximum Gasteiger partial charge on any atom is 0.326 e. The average molecular weight is 267 g/mol. The highest BCUT2D eigenvalue weighted by molar-refractivity contribution is 5.86. The number of carbonyl (C=O) groups is 2. The molecule has 2 fully saturated rings. The van der Waals surface area contributed by atoms with Crippen molar-refractivity contribution in [1.82, 2.24) is 4.90 Å². The number of carbonyl (C=O) groups excluding carboxylic acids is 1. The van der Waals surface area contributed by atoms with E-state index in [9.17, 15) is 14.7 Å². The van der Waals surface area contributed by atoms with Gasteiger partial charge in [-0.05, 0) is 38.0 Å². The molecule has 0 bridgehead atoms. The fourth-order valence-corrected chi connectivity index (χ4v) is 3.85. The van der Waals surface area contributed by atoms with Crippen LogP contribution >= 0.6 is 0 Å². The van der Waals surface area contributed by atoms with Gasteiger partial charge in [-0.2, -0.15) is 0 Å². The van der Waals surface area contributed by atoms with E-state index in [2.05, 4.69) is 0 Å². The van der Waals surface area contributed by atoms with Gasteiger partial charge < -0.3 is 10.0 Å². The highest BCUT2D eigenvalue weighted by Gasteiger charge is 2.48. The number of carboxylic acid groups (broad SMARTS) is 1. The molecule has 4 nitrogen and oxygen atoms in total. The van der Waals surface area contributed by atoms with Crippen LogP contribution in [0.2, 0.25) is 0 Å². The summed E-state index contributed by atoms with van der Waals surface area (Å²) in [6.07, 6.45) is 6.64. The van der Waals surface area contributed by atoms with Gasteiger partial charge in [0.25, 0.3) is 0 Å². The molecule has 3 unspecified atom stereocenters. The number of likely N-dealkylation sites (tertiary alicyclic amines) is 1. The predicted molar refractivity (Wildman–Crippen MR) is 72.7 cm³/mol. The van der Waals surface area contributed by atoms with E-state index in [1.54, 1.807) is 4.90 Å². The van der Waals surface area contributed by atoms with Gasteiger partial charge in [0.2, 0.25) is 5.91 Å². The zero-order chi connectivity index (χ0) is 14.0. The molecule has 1 aliphatic heterocycles. The summed E-state index contributed by atoms with van der Waals surface area (Å²) in [6.45, 7) is 4.02. The smallest absolute Gasteiger partial charge is 0.326 e. The van der Waals surface area contributed by atoms with Gasteiger partial charge >= 0.3 is 5.97 Å². The van der Waals surface area contributed by atoms with Gasteiger partial charge in [0.05, 0.1) is 0 Å². The number of fused-ring (bicyclic) bond motifs is 1. The Morgan fingerprint density at radius 3 is 2.42 bits per heavy atom. The molecular formula is C15H25NO3. The minimum Gasteiger partial charge on any atom is -0.480 e. The first-order valence-electron chi connectivity index (χ1n) is 7.65.